The van der Waals surface area contributed by atoms with Crippen LogP contribution in [0, 0.1) is 0 Å². The van der Waals surface area contributed by atoms with E-state index in [4.69, 9.17) is 4.74 Å². The maximum Gasteiger partial charge on any atom is 0.307 e. The molecule has 21 heavy (non-hydrogen) atoms. The van der Waals surface area contributed by atoms with Crippen LogP contribution in [-0.2, 0) is 16.1 Å². The second-order valence-corrected chi connectivity index (χ2v) is 5.66. The van der Waals surface area contributed by atoms with E-state index in [1.807, 2.05) is 32.2 Å². The molecule has 1 aromatic carbocycles. The van der Waals surface area contributed by atoms with Crippen LogP contribution < -0.4 is 0 Å². The molecule has 0 aliphatic carbocycles. The van der Waals surface area contributed by atoms with Gasteiger partial charge in [0.2, 0.25) is 0 Å². The van der Waals surface area contributed by atoms with Crippen molar-refractivity contribution in [3.8, 4) is 10.6 Å². The van der Waals surface area contributed by atoms with Crippen molar-refractivity contribution in [2.75, 3.05) is 20.2 Å². The monoisotopic (exact) mass is 304 g/mol. The van der Waals surface area contributed by atoms with Crippen molar-refractivity contribution >= 4 is 17.3 Å². The Morgan fingerprint density at radius 1 is 1.33 bits per heavy atom. The fourth-order valence-electron chi connectivity index (χ4n) is 1.96. The van der Waals surface area contributed by atoms with Gasteiger partial charge in [0.25, 0.3) is 0 Å². The molecule has 0 bridgehead atoms. The minimum Gasteiger partial charge on any atom is -0.466 e. The number of nitrogens with zero attached hydrogens (tertiary/aromatic N) is 2. The zero-order valence-corrected chi connectivity index (χ0v) is 13.2. The highest BCUT2D eigenvalue weighted by molar-refractivity contribution is 7.13. The third-order valence-electron chi connectivity index (χ3n) is 3.01. The highest BCUT2D eigenvalue weighted by atomic mass is 32.1. The van der Waals surface area contributed by atoms with Gasteiger partial charge in [-0.05, 0) is 14.0 Å². The lowest BCUT2D eigenvalue weighted by molar-refractivity contribution is -0.143. The van der Waals surface area contributed by atoms with Gasteiger partial charge >= 0.3 is 5.97 Å². The average molecular weight is 304 g/mol. The van der Waals surface area contributed by atoms with Gasteiger partial charge in [-0.25, -0.2) is 4.98 Å². The van der Waals surface area contributed by atoms with Crippen molar-refractivity contribution in [1.82, 2.24) is 9.88 Å². The van der Waals surface area contributed by atoms with Gasteiger partial charge in [-0.15, -0.1) is 11.3 Å². The van der Waals surface area contributed by atoms with Gasteiger partial charge in [0, 0.05) is 24.0 Å². The molecule has 0 aliphatic rings. The molecule has 0 saturated carbocycles. The summed E-state index contributed by atoms with van der Waals surface area (Å²) in [5, 5.41) is 3.10. The van der Waals surface area contributed by atoms with E-state index in [1.54, 1.807) is 11.3 Å². The molecule has 1 aromatic heterocycles. The number of esters is 1. The summed E-state index contributed by atoms with van der Waals surface area (Å²) in [7, 11) is 1.99. The molecule has 0 N–H and O–H groups in total. The topological polar surface area (TPSA) is 42.4 Å². The Hall–Kier alpha value is -1.72. The lowest BCUT2D eigenvalue weighted by Gasteiger charge is -2.14. The third kappa shape index (κ3) is 4.95. The van der Waals surface area contributed by atoms with E-state index in [0.29, 0.717) is 19.6 Å². The Bertz CT molecular complexity index is 569. The lowest BCUT2D eigenvalue weighted by atomic mass is 10.2. The summed E-state index contributed by atoms with van der Waals surface area (Å²) in [4.78, 5) is 18.1. The zero-order chi connectivity index (χ0) is 15.1. The molecule has 0 atom stereocenters. The summed E-state index contributed by atoms with van der Waals surface area (Å²) in [6.45, 7) is 3.68. The molecular weight excluding hydrogens is 284 g/mol. The first-order valence-electron chi connectivity index (χ1n) is 7.03. The molecule has 0 unspecified atom stereocenters. The highest BCUT2D eigenvalue weighted by Crippen LogP contribution is 2.23. The standard InChI is InChI=1S/C16H20N2O2S/c1-3-20-15(19)9-10-18(2)11-14-12-21-16(17-14)13-7-5-4-6-8-13/h4-8,12H,3,9-11H2,1-2H3. The predicted molar refractivity (Wildman–Crippen MR) is 85.1 cm³/mol. The van der Waals surface area contributed by atoms with Crippen LogP contribution in [0.15, 0.2) is 35.7 Å². The van der Waals surface area contributed by atoms with E-state index in [1.165, 1.54) is 0 Å². The Kier molecular flexibility index (Phi) is 5.90. The normalized spacial score (nSPS) is 10.8. The predicted octanol–water partition coefficient (Wildman–Crippen LogP) is 3.20. The summed E-state index contributed by atoms with van der Waals surface area (Å²) >= 11 is 1.65. The summed E-state index contributed by atoms with van der Waals surface area (Å²) in [5.41, 5.74) is 2.17. The number of ether oxygens (including phenoxy) is 1. The van der Waals surface area contributed by atoms with Crippen LogP contribution in [0.3, 0.4) is 0 Å². The number of carbonyl (C=O) groups excluding carboxylic acids is 1. The van der Waals surface area contributed by atoms with E-state index >= 15 is 0 Å². The number of aromatic nitrogens is 1. The van der Waals surface area contributed by atoms with Crippen LogP contribution in [0.5, 0.6) is 0 Å². The van der Waals surface area contributed by atoms with Crippen molar-refractivity contribution in [3.05, 3.63) is 41.4 Å². The van der Waals surface area contributed by atoms with Crippen LogP contribution in [-0.4, -0.2) is 36.1 Å². The van der Waals surface area contributed by atoms with Crippen molar-refractivity contribution in [2.24, 2.45) is 0 Å². The van der Waals surface area contributed by atoms with Crippen LogP contribution in [0.25, 0.3) is 10.6 Å². The fourth-order valence-corrected chi connectivity index (χ4v) is 2.78. The Morgan fingerprint density at radius 2 is 2.10 bits per heavy atom. The van der Waals surface area contributed by atoms with Gasteiger partial charge in [0.05, 0.1) is 18.7 Å². The number of carbonyl (C=O) groups is 1. The van der Waals surface area contributed by atoms with E-state index in [2.05, 4.69) is 27.4 Å². The van der Waals surface area contributed by atoms with E-state index in [9.17, 15) is 4.79 Å². The maximum absolute atomic E-state index is 11.3. The fraction of sp³-hybridized carbons (Fsp3) is 0.375. The maximum atomic E-state index is 11.3. The molecule has 0 aliphatic heterocycles. The number of thiazole rings is 1. The molecule has 2 aromatic rings. The molecule has 0 saturated heterocycles. The Morgan fingerprint density at radius 3 is 2.81 bits per heavy atom. The van der Waals surface area contributed by atoms with Gasteiger partial charge in [-0.1, -0.05) is 30.3 Å². The number of rotatable bonds is 7. The lowest BCUT2D eigenvalue weighted by Crippen LogP contribution is -2.22. The second kappa shape index (κ2) is 7.90. The van der Waals surface area contributed by atoms with Crippen LogP contribution in [0.4, 0.5) is 0 Å². The van der Waals surface area contributed by atoms with Crippen molar-refractivity contribution < 1.29 is 9.53 Å². The second-order valence-electron chi connectivity index (χ2n) is 4.80. The number of hydrogen-bond acceptors (Lipinski definition) is 5. The summed E-state index contributed by atoms with van der Waals surface area (Å²) in [5.74, 6) is -0.146. The molecule has 1 heterocycles. The molecule has 5 heteroatoms. The van der Waals surface area contributed by atoms with Gasteiger partial charge in [-0.2, -0.15) is 0 Å². The zero-order valence-electron chi connectivity index (χ0n) is 12.4. The van der Waals surface area contributed by atoms with Gasteiger partial charge < -0.3 is 4.74 Å². The van der Waals surface area contributed by atoms with Crippen LogP contribution in [0.2, 0.25) is 0 Å². The third-order valence-corrected chi connectivity index (χ3v) is 3.95. The summed E-state index contributed by atoms with van der Waals surface area (Å²) in [6.07, 6.45) is 0.417. The van der Waals surface area contributed by atoms with E-state index in [0.717, 1.165) is 22.8 Å². The minimum absolute atomic E-state index is 0.146. The first-order valence-corrected chi connectivity index (χ1v) is 7.91. The van der Waals surface area contributed by atoms with Gasteiger partial charge in [0.15, 0.2) is 0 Å². The number of benzene rings is 1. The molecule has 4 nitrogen and oxygen atoms in total. The molecular formula is C16H20N2O2S. The van der Waals surface area contributed by atoms with Gasteiger partial charge in [0.1, 0.15) is 5.01 Å². The van der Waals surface area contributed by atoms with Crippen molar-refractivity contribution in [3.63, 3.8) is 0 Å². The molecule has 2 rings (SSSR count). The van der Waals surface area contributed by atoms with E-state index in [-0.39, 0.29) is 5.97 Å². The minimum atomic E-state index is -0.146. The van der Waals surface area contributed by atoms with Crippen molar-refractivity contribution in [1.29, 1.82) is 0 Å². The average Bonchev–Trinajstić information content (AvgIpc) is 2.95. The highest BCUT2D eigenvalue weighted by Gasteiger charge is 2.09. The quantitative estimate of drug-likeness (QED) is 0.737. The summed E-state index contributed by atoms with van der Waals surface area (Å²) in [6, 6.07) is 10.2. The molecule has 0 radical (unpaired) electrons. The Labute approximate surface area is 129 Å². The first-order chi connectivity index (χ1) is 10.2. The SMILES string of the molecule is CCOC(=O)CCN(C)Cc1csc(-c2ccccc2)n1. The molecule has 0 fully saturated rings. The number of hydrogen-bond donors (Lipinski definition) is 0. The Balaban J connectivity index is 1.86. The molecule has 112 valence electrons. The smallest absolute Gasteiger partial charge is 0.307 e. The van der Waals surface area contributed by atoms with Gasteiger partial charge in [-0.3, -0.25) is 9.69 Å². The van der Waals surface area contributed by atoms with Crippen LogP contribution >= 0.6 is 11.3 Å². The molecule has 0 spiro atoms. The van der Waals surface area contributed by atoms with Crippen LogP contribution in [0.1, 0.15) is 19.0 Å². The van der Waals surface area contributed by atoms with Crippen molar-refractivity contribution in [2.45, 2.75) is 19.9 Å². The molecule has 0 amide bonds. The largest absolute Gasteiger partial charge is 0.466 e. The van der Waals surface area contributed by atoms with E-state index < -0.39 is 0 Å². The first kappa shape index (κ1) is 15.7. The summed E-state index contributed by atoms with van der Waals surface area (Å²) < 4.78 is 4.93.